The summed E-state index contributed by atoms with van der Waals surface area (Å²) in [4.78, 5) is 13.2. The van der Waals surface area contributed by atoms with E-state index in [1.54, 1.807) is 10.9 Å². The van der Waals surface area contributed by atoms with E-state index >= 15 is 0 Å². The second-order valence-corrected chi connectivity index (χ2v) is 7.43. The lowest BCUT2D eigenvalue weighted by Gasteiger charge is -2.42. The minimum absolute atomic E-state index is 0.0751. The van der Waals surface area contributed by atoms with Crippen LogP contribution in [0.15, 0.2) is 10.7 Å². The smallest absolute Gasteiger partial charge is 0.213 e. The van der Waals surface area contributed by atoms with E-state index in [0.717, 1.165) is 30.2 Å². The summed E-state index contributed by atoms with van der Waals surface area (Å²) < 4.78 is 8.51. The molecule has 1 aliphatic carbocycles. The molecule has 0 spiro atoms. The first kappa shape index (κ1) is 16.7. The van der Waals surface area contributed by atoms with Crippen LogP contribution in [0, 0.1) is 5.41 Å². The third-order valence-electron chi connectivity index (χ3n) is 4.56. The Morgan fingerprint density at radius 1 is 1.33 bits per heavy atom. The van der Waals surface area contributed by atoms with Crippen molar-refractivity contribution in [3.8, 4) is 0 Å². The summed E-state index contributed by atoms with van der Waals surface area (Å²) in [6.07, 6.45) is 5.29. The monoisotopic (exact) mass is 356 g/mol. The lowest BCUT2D eigenvalue weighted by atomic mass is 9.69. The number of Topliss-reactive ketones (excluding diaryl/α,β-unsaturated/α-hetero) is 1. The van der Waals surface area contributed by atoms with Crippen LogP contribution in [0.4, 0.5) is 0 Å². The van der Waals surface area contributed by atoms with E-state index in [9.17, 15) is 4.79 Å². The number of nitrogens with zero attached hydrogens (tertiary/aromatic N) is 2. The van der Waals surface area contributed by atoms with Gasteiger partial charge in [-0.2, -0.15) is 5.10 Å². The molecule has 2 rings (SSSR count). The molecule has 21 heavy (non-hydrogen) atoms. The summed E-state index contributed by atoms with van der Waals surface area (Å²) in [6.45, 7) is 9.72. The van der Waals surface area contributed by atoms with Gasteiger partial charge in [-0.25, -0.2) is 0 Å². The van der Waals surface area contributed by atoms with Crippen LogP contribution in [0.2, 0.25) is 0 Å². The number of ether oxygens (including phenoxy) is 1. The summed E-state index contributed by atoms with van der Waals surface area (Å²) in [7, 11) is 0. The third kappa shape index (κ3) is 3.24. The highest BCUT2D eigenvalue weighted by Crippen LogP contribution is 2.44. The Balaban J connectivity index is 2.34. The van der Waals surface area contributed by atoms with Crippen LogP contribution in [0.3, 0.4) is 0 Å². The number of carbonyl (C=O) groups excluding carboxylic acids is 1. The minimum Gasteiger partial charge on any atom is -0.367 e. The second-order valence-electron chi connectivity index (χ2n) is 6.58. The zero-order chi connectivity index (χ0) is 15.7. The average Bonchev–Trinajstić information content (AvgIpc) is 2.82. The van der Waals surface area contributed by atoms with Gasteiger partial charge in [0.25, 0.3) is 0 Å². The molecule has 0 aliphatic heterocycles. The van der Waals surface area contributed by atoms with Crippen LogP contribution in [0.25, 0.3) is 0 Å². The molecule has 1 heterocycles. The fourth-order valence-corrected chi connectivity index (χ4v) is 3.56. The fraction of sp³-hybridized carbons (Fsp3) is 0.750. The van der Waals surface area contributed by atoms with E-state index in [4.69, 9.17) is 4.74 Å². The van der Waals surface area contributed by atoms with Crippen LogP contribution in [-0.4, -0.2) is 27.8 Å². The average molecular weight is 357 g/mol. The molecular formula is C16H25BrN2O2. The Morgan fingerprint density at radius 3 is 2.48 bits per heavy atom. The number of aromatic nitrogens is 2. The molecule has 118 valence electrons. The van der Waals surface area contributed by atoms with Gasteiger partial charge in [-0.3, -0.25) is 9.48 Å². The molecule has 1 aromatic rings. The Labute approximate surface area is 135 Å². The minimum atomic E-state index is -0.681. The molecule has 0 bridgehead atoms. The first-order chi connectivity index (χ1) is 9.85. The molecule has 1 fully saturated rings. The molecular weight excluding hydrogens is 332 g/mol. The number of ketones is 1. The Morgan fingerprint density at radius 2 is 1.95 bits per heavy atom. The maximum absolute atomic E-state index is 13.2. The Kier molecular flexibility index (Phi) is 4.93. The molecule has 0 aromatic carbocycles. The van der Waals surface area contributed by atoms with Gasteiger partial charge in [0.1, 0.15) is 11.3 Å². The van der Waals surface area contributed by atoms with E-state index in [0.29, 0.717) is 24.3 Å². The predicted octanol–water partition coefficient (Wildman–Crippen LogP) is 4.22. The first-order valence-electron chi connectivity index (χ1n) is 7.75. The van der Waals surface area contributed by atoms with Gasteiger partial charge in [0.2, 0.25) is 5.78 Å². The standard InChI is InChI=1S/C16H25BrN2O2/c1-5-19-13(12(17)11-18-19)14(20)16(21-6-2)9-7-15(3,4)8-10-16/h11H,5-10H2,1-4H3. The van der Waals surface area contributed by atoms with Crippen molar-refractivity contribution in [1.29, 1.82) is 0 Å². The van der Waals surface area contributed by atoms with Crippen LogP contribution in [-0.2, 0) is 11.3 Å². The second kappa shape index (κ2) is 6.21. The quantitative estimate of drug-likeness (QED) is 0.741. The molecule has 1 aromatic heterocycles. The summed E-state index contributed by atoms with van der Waals surface area (Å²) in [5, 5.41) is 4.26. The van der Waals surface area contributed by atoms with E-state index in [2.05, 4.69) is 34.9 Å². The van der Waals surface area contributed by atoms with E-state index in [-0.39, 0.29) is 5.78 Å². The predicted molar refractivity (Wildman–Crippen MR) is 86.5 cm³/mol. The SMILES string of the molecule is CCOC1(C(=O)c2c(Br)cnn2CC)CCC(C)(C)CC1. The third-order valence-corrected chi connectivity index (χ3v) is 5.14. The number of halogens is 1. The van der Waals surface area contributed by atoms with Crippen molar-refractivity contribution in [2.75, 3.05) is 6.61 Å². The summed E-state index contributed by atoms with van der Waals surface area (Å²) >= 11 is 3.46. The van der Waals surface area contributed by atoms with Crippen LogP contribution >= 0.6 is 15.9 Å². The first-order valence-corrected chi connectivity index (χ1v) is 8.54. The Bertz CT molecular complexity index is 512. The number of carbonyl (C=O) groups is 1. The van der Waals surface area contributed by atoms with Gasteiger partial charge in [-0.1, -0.05) is 13.8 Å². The van der Waals surface area contributed by atoms with E-state index in [1.165, 1.54) is 0 Å². The van der Waals surface area contributed by atoms with Crippen LogP contribution in [0.1, 0.15) is 63.9 Å². The molecule has 0 atom stereocenters. The molecule has 1 aliphatic rings. The van der Waals surface area contributed by atoms with Crippen molar-refractivity contribution in [2.24, 2.45) is 5.41 Å². The van der Waals surface area contributed by atoms with E-state index < -0.39 is 5.60 Å². The molecule has 0 radical (unpaired) electrons. The van der Waals surface area contributed by atoms with Crippen molar-refractivity contribution in [2.45, 2.75) is 65.5 Å². The normalized spacial score (nSPS) is 20.4. The topological polar surface area (TPSA) is 44.1 Å². The van der Waals surface area contributed by atoms with Gasteiger partial charge < -0.3 is 4.74 Å². The number of hydrogen-bond donors (Lipinski definition) is 0. The summed E-state index contributed by atoms with van der Waals surface area (Å²) in [6, 6.07) is 0. The zero-order valence-corrected chi connectivity index (χ0v) is 15.0. The maximum atomic E-state index is 13.2. The van der Waals surface area contributed by atoms with Crippen molar-refractivity contribution in [3.63, 3.8) is 0 Å². The lowest BCUT2D eigenvalue weighted by molar-refractivity contribution is -0.0586. The van der Waals surface area contributed by atoms with Gasteiger partial charge in [0.05, 0.1) is 10.7 Å². The van der Waals surface area contributed by atoms with Gasteiger partial charge in [0.15, 0.2) is 0 Å². The van der Waals surface area contributed by atoms with E-state index in [1.807, 2.05) is 13.8 Å². The van der Waals surface area contributed by atoms with Crippen molar-refractivity contribution in [1.82, 2.24) is 9.78 Å². The van der Waals surface area contributed by atoms with Crippen molar-refractivity contribution >= 4 is 21.7 Å². The zero-order valence-electron chi connectivity index (χ0n) is 13.4. The van der Waals surface area contributed by atoms with Crippen molar-refractivity contribution in [3.05, 3.63) is 16.4 Å². The largest absolute Gasteiger partial charge is 0.367 e. The fourth-order valence-electron chi connectivity index (χ4n) is 3.09. The van der Waals surface area contributed by atoms with Gasteiger partial charge in [-0.15, -0.1) is 0 Å². The van der Waals surface area contributed by atoms with Gasteiger partial charge in [0, 0.05) is 13.2 Å². The molecule has 4 nitrogen and oxygen atoms in total. The highest BCUT2D eigenvalue weighted by atomic mass is 79.9. The van der Waals surface area contributed by atoms with Crippen molar-refractivity contribution < 1.29 is 9.53 Å². The highest BCUT2D eigenvalue weighted by molar-refractivity contribution is 9.10. The number of rotatable bonds is 5. The van der Waals surface area contributed by atoms with Crippen LogP contribution < -0.4 is 0 Å². The molecule has 0 saturated heterocycles. The van der Waals surface area contributed by atoms with Gasteiger partial charge >= 0.3 is 0 Å². The number of aryl methyl sites for hydroxylation is 1. The molecule has 5 heteroatoms. The molecule has 0 unspecified atom stereocenters. The highest BCUT2D eigenvalue weighted by Gasteiger charge is 2.46. The molecule has 0 N–H and O–H groups in total. The lowest BCUT2D eigenvalue weighted by Crippen LogP contribution is -2.47. The van der Waals surface area contributed by atoms with Crippen LogP contribution in [0.5, 0.6) is 0 Å². The maximum Gasteiger partial charge on any atom is 0.213 e. The molecule has 0 amide bonds. The van der Waals surface area contributed by atoms with Gasteiger partial charge in [-0.05, 0) is 60.9 Å². The molecule has 1 saturated carbocycles. The summed E-state index contributed by atoms with van der Waals surface area (Å²) in [5.41, 5.74) is 0.258. The summed E-state index contributed by atoms with van der Waals surface area (Å²) in [5.74, 6) is 0.0751. The Hall–Kier alpha value is -0.680. The number of hydrogen-bond acceptors (Lipinski definition) is 3.